The molecule has 5 rings (SSSR count). The van der Waals surface area contributed by atoms with Gasteiger partial charge in [-0.1, -0.05) is 67.1 Å². The average molecular weight is 400 g/mol. The molecule has 0 saturated carbocycles. The highest BCUT2D eigenvalue weighted by atomic mass is 16.2. The van der Waals surface area contributed by atoms with E-state index in [1.807, 2.05) is 79.4 Å². The van der Waals surface area contributed by atoms with Crippen LogP contribution < -0.4 is 4.90 Å². The van der Waals surface area contributed by atoms with Gasteiger partial charge in [0.25, 0.3) is 0 Å². The predicted octanol–water partition coefficient (Wildman–Crippen LogP) is 3.47. The van der Waals surface area contributed by atoms with Crippen LogP contribution in [0, 0.1) is 18.8 Å². The van der Waals surface area contributed by atoms with Crippen molar-refractivity contribution in [1.29, 1.82) is 0 Å². The fourth-order valence-corrected chi connectivity index (χ4v) is 5.21. The van der Waals surface area contributed by atoms with Gasteiger partial charge in [0.1, 0.15) is 6.04 Å². The Labute approximate surface area is 176 Å². The summed E-state index contributed by atoms with van der Waals surface area (Å²) in [7, 11) is 0. The Balaban J connectivity index is 1.65. The number of benzene rings is 2. The van der Waals surface area contributed by atoms with Crippen LogP contribution in [0.15, 0.2) is 54.6 Å². The van der Waals surface area contributed by atoms with E-state index in [9.17, 15) is 14.4 Å². The summed E-state index contributed by atoms with van der Waals surface area (Å²) in [4.78, 5) is 43.7. The fraction of sp³-hybridized carbons (Fsp3) is 0.320. The molecule has 0 aliphatic carbocycles. The van der Waals surface area contributed by atoms with Crippen LogP contribution in [0.2, 0.25) is 0 Å². The van der Waals surface area contributed by atoms with Gasteiger partial charge < -0.3 is 4.90 Å². The lowest BCUT2D eigenvalue weighted by Crippen LogP contribution is -2.48. The van der Waals surface area contributed by atoms with Gasteiger partial charge in [0.05, 0.1) is 17.9 Å². The number of carbonyl (C=O) groups excluding carboxylic acids is 3. The molecule has 0 spiro atoms. The average Bonchev–Trinajstić information content (AvgIpc) is 3.23. The van der Waals surface area contributed by atoms with E-state index in [2.05, 4.69) is 0 Å². The summed E-state index contributed by atoms with van der Waals surface area (Å²) >= 11 is 0. The Morgan fingerprint density at radius 2 is 1.67 bits per heavy atom. The van der Waals surface area contributed by atoms with Crippen molar-refractivity contribution in [3.8, 4) is 0 Å². The summed E-state index contributed by atoms with van der Waals surface area (Å²) in [6, 6.07) is 14.3. The third-order valence-corrected chi connectivity index (χ3v) is 6.56. The Morgan fingerprint density at radius 3 is 2.40 bits per heavy atom. The SMILES string of the molecule is CCCN1C(=O)[C@@H]2[C@H](C1=O)[C@H]1C=Cc3ccccc3N1[C@@H]2C(=O)c1ccc(C)cc1. The molecule has 3 aliphatic rings. The van der Waals surface area contributed by atoms with Crippen LogP contribution in [-0.2, 0) is 9.59 Å². The monoisotopic (exact) mass is 400 g/mol. The third kappa shape index (κ3) is 2.58. The molecule has 2 aromatic carbocycles. The smallest absolute Gasteiger partial charge is 0.235 e. The van der Waals surface area contributed by atoms with Crippen molar-refractivity contribution >= 4 is 29.4 Å². The number of amides is 2. The Bertz CT molecular complexity index is 1070. The van der Waals surface area contributed by atoms with Crippen LogP contribution in [0.3, 0.4) is 0 Å². The molecule has 2 fully saturated rings. The summed E-state index contributed by atoms with van der Waals surface area (Å²) in [6.07, 6.45) is 4.70. The number of rotatable bonds is 4. The summed E-state index contributed by atoms with van der Waals surface area (Å²) in [5.74, 6) is -1.63. The van der Waals surface area contributed by atoms with Crippen molar-refractivity contribution in [2.24, 2.45) is 11.8 Å². The molecular formula is C25H24N2O3. The molecule has 0 radical (unpaired) electrons. The van der Waals surface area contributed by atoms with Crippen molar-refractivity contribution in [3.05, 3.63) is 71.3 Å². The Hall–Kier alpha value is -3.21. The van der Waals surface area contributed by atoms with Crippen LogP contribution in [0.4, 0.5) is 5.69 Å². The largest absolute Gasteiger partial charge is 0.352 e. The number of carbonyl (C=O) groups is 3. The third-order valence-electron chi connectivity index (χ3n) is 6.56. The molecule has 152 valence electrons. The Kier molecular flexibility index (Phi) is 4.35. The van der Waals surface area contributed by atoms with E-state index in [0.29, 0.717) is 18.5 Å². The van der Waals surface area contributed by atoms with Gasteiger partial charge in [-0.25, -0.2) is 0 Å². The first-order chi connectivity index (χ1) is 14.5. The fourth-order valence-electron chi connectivity index (χ4n) is 5.21. The topological polar surface area (TPSA) is 57.7 Å². The number of ketones is 1. The molecule has 2 aromatic rings. The lowest BCUT2D eigenvalue weighted by Gasteiger charge is -2.36. The van der Waals surface area contributed by atoms with Gasteiger partial charge in [0, 0.05) is 17.8 Å². The normalized spacial score (nSPS) is 26.6. The van der Waals surface area contributed by atoms with E-state index in [0.717, 1.165) is 16.8 Å². The van der Waals surface area contributed by atoms with Gasteiger partial charge in [-0.05, 0) is 25.0 Å². The zero-order valence-corrected chi connectivity index (χ0v) is 17.1. The van der Waals surface area contributed by atoms with Crippen molar-refractivity contribution < 1.29 is 14.4 Å². The molecule has 0 aromatic heterocycles. The van der Waals surface area contributed by atoms with Crippen LogP contribution in [0.5, 0.6) is 0 Å². The molecule has 4 atom stereocenters. The molecule has 0 unspecified atom stereocenters. The first kappa shape index (κ1) is 18.8. The number of fused-ring (bicyclic) bond motifs is 5. The van der Waals surface area contributed by atoms with Gasteiger partial charge in [-0.3, -0.25) is 19.3 Å². The molecule has 3 heterocycles. The van der Waals surface area contributed by atoms with Gasteiger partial charge >= 0.3 is 0 Å². The zero-order valence-electron chi connectivity index (χ0n) is 17.1. The maximum Gasteiger partial charge on any atom is 0.235 e. The molecule has 3 aliphatic heterocycles. The number of hydrogen-bond donors (Lipinski definition) is 0. The maximum absolute atomic E-state index is 13.7. The molecule has 2 saturated heterocycles. The molecule has 0 bridgehead atoms. The second-order valence-corrected chi connectivity index (χ2v) is 8.37. The predicted molar refractivity (Wildman–Crippen MR) is 115 cm³/mol. The summed E-state index contributed by atoms with van der Waals surface area (Å²) < 4.78 is 0. The van der Waals surface area contributed by atoms with Crippen LogP contribution >= 0.6 is 0 Å². The number of hydrogen-bond acceptors (Lipinski definition) is 4. The van der Waals surface area contributed by atoms with Crippen molar-refractivity contribution in [2.75, 3.05) is 11.4 Å². The quantitative estimate of drug-likeness (QED) is 0.583. The van der Waals surface area contributed by atoms with Gasteiger partial charge in [0.2, 0.25) is 11.8 Å². The van der Waals surface area contributed by atoms with E-state index < -0.39 is 17.9 Å². The minimum atomic E-state index is -0.688. The molecule has 5 nitrogen and oxygen atoms in total. The summed E-state index contributed by atoms with van der Waals surface area (Å²) in [5, 5.41) is 0. The second kappa shape index (κ2) is 6.94. The number of aryl methyl sites for hydroxylation is 1. The molecule has 30 heavy (non-hydrogen) atoms. The zero-order chi connectivity index (χ0) is 21.0. The van der Waals surface area contributed by atoms with E-state index in [-0.39, 0.29) is 23.6 Å². The number of anilines is 1. The number of Topliss-reactive ketones (excluding diaryl/α,β-unsaturated/α-hetero) is 1. The molecular weight excluding hydrogens is 376 g/mol. The lowest BCUT2D eigenvalue weighted by atomic mass is 9.86. The number of nitrogens with zero attached hydrogens (tertiary/aromatic N) is 2. The van der Waals surface area contributed by atoms with Crippen molar-refractivity contribution in [1.82, 2.24) is 4.90 Å². The number of likely N-dealkylation sites (tertiary alicyclic amines) is 1. The van der Waals surface area contributed by atoms with Gasteiger partial charge in [-0.15, -0.1) is 0 Å². The van der Waals surface area contributed by atoms with Crippen LogP contribution in [0.1, 0.15) is 34.8 Å². The van der Waals surface area contributed by atoms with Crippen LogP contribution in [-0.4, -0.2) is 41.1 Å². The summed E-state index contributed by atoms with van der Waals surface area (Å²) in [6.45, 7) is 4.33. The van der Waals surface area contributed by atoms with Gasteiger partial charge in [-0.2, -0.15) is 0 Å². The Morgan fingerprint density at radius 1 is 0.967 bits per heavy atom. The van der Waals surface area contributed by atoms with E-state index in [4.69, 9.17) is 0 Å². The second-order valence-electron chi connectivity index (χ2n) is 8.37. The first-order valence-electron chi connectivity index (χ1n) is 10.5. The van der Waals surface area contributed by atoms with Crippen molar-refractivity contribution in [3.63, 3.8) is 0 Å². The minimum Gasteiger partial charge on any atom is -0.352 e. The standard InChI is InChI=1S/C25H24N2O3/c1-3-14-26-24(29)20-19-13-12-16-6-4-5-7-18(16)27(19)22(21(20)25(26)30)23(28)17-10-8-15(2)9-11-17/h4-13,19-22H,3,14H2,1-2H3/t19-,20-,21-,22+/m1/s1. The highest BCUT2D eigenvalue weighted by Gasteiger charge is 2.63. The van der Waals surface area contributed by atoms with E-state index >= 15 is 0 Å². The summed E-state index contributed by atoms with van der Waals surface area (Å²) in [5.41, 5.74) is 3.56. The van der Waals surface area contributed by atoms with E-state index in [1.165, 1.54) is 4.90 Å². The highest BCUT2D eigenvalue weighted by molar-refractivity contribution is 6.14. The van der Waals surface area contributed by atoms with Crippen LogP contribution in [0.25, 0.3) is 6.08 Å². The van der Waals surface area contributed by atoms with E-state index in [1.54, 1.807) is 0 Å². The molecule has 5 heteroatoms. The highest BCUT2D eigenvalue weighted by Crippen LogP contribution is 2.48. The maximum atomic E-state index is 13.7. The molecule has 0 N–H and O–H groups in total. The van der Waals surface area contributed by atoms with Gasteiger partial charge in [0.15, 0.2) is 5.78 Å². The molecule has 2 amide bonds. The van der Waals surface area contributed by atoms with Crippen molar-refractivity contribution in [2.45, 2.75) is 32.4 Å². The minimum absolute atomic E-state index is 0.0999. The lowest BCUT2D eigenvalue weighted by molar-refractivity contribution is -0.140. The first-order valence-corrected chi connectivity index (χ1v) is 10.5. The number of para-hydroxylation sites is 1. The number of imide groups is 1.